The van der Waals surface area contributed by atoms with E-state index in [9.17, 15) is 14.4 Å². The van der Waals surface area contributed by atoms with Crippen LogP contribution >= 0.6 is 0 Å². The number of likely N-dealkylation sites (tertiary alicyclic amines) is 1. The van der Waals surface area contributed by atoms with Crippen LogP contribution in [0.2, 0.25) is 0 Å². The van der Waals surface area contributed by atoms with E-state index < -0.39 is 30.0 Å². The lowest BCUT2D eigenvalue weighted by Crippen LogP contribution is -2.44. The number of methoxy groups -OCH3 is 4. The molecule has 142 valence electrons. The molecule has 8 heteroatoms. The fourth-order valence-electron chi connectivity index (χ4n) is 3.47. The average Bonchev–Trinajstić information content (AvgIpc) is 3.05. The Balaban J connectivity index is 2.51. The third-order valence-electron chi connectivity index (χ3n) is 4.67. The number of hydrogen-bond acceptors (Lipinski definition) is 7. The Kier molecular flexibility index (Phi) is 6.43. The second-order valence-corrected chi connectivity index (χ2v) is 5.88. The molecule has 1 saturated heterocycles. The van der Waals surface area contributed by atoms with Crippen molar-refractivity contribution < 1.29 is 33.3 Å². The fraction of sp³-hybridized carbons (Fsp3) is 0.500. The molecule has 3 atom stereocenters. The highest BCUT2D eigenvalue weighted by molar-refractivity contribution is 5.84. The van der Waals surface area contributed by atoms with E-state index in [-0.39, 0.29) is 18.9 Å². The molecule has 26 heavy (non-hydrogen) atoms. The molecule has 1 aromatic rings. The van der Waals surface area contributed by atoms with Crippen LogP contribution in [-0.2, 0) is 23.8 Å². The molecule has 0 spiro atoms. The topological polar surface area (TPSA) is 91.4 Å². The quantitative estimate of drug-likeness (QED) is 0.578. The molecule has 0 N–H and O–H groups in total. The number of ether oxygens (including phenoxy) is 4. The smallest absolute Gasteiger partial charge is 0.410 e. The minimum Gasteiger partial charge on any atom is -0.496 e. The third-order valence-corrected chi connectivity index (χ3v) is 4.67. The lowest BCUT2D eigenvalue weighted by Gasteiger charge is -2.25. The first-order valence-electron chi connectivity index (χ1n) is 8.10. The van der Waals surface area contributed by atoms with Crippen molar-refractivity contribution >= 4 is 18.0 Å². The normalized spacial score (nSPS) is 21.8. The van der Waals surface area contributed by atoms with Gasteiger partial charge in [0, 0.05) is 18.4 Å². The van der Waals surface area contributed by atoms with Crippen molar-refractivity contribution in [1.82, 2.24) is 4.90 Å². The number of carbonyl (C=O) groups excluding carboxylic acids is 3. The summed E-state index contributed by atoms with van der Waals surface area (Å²) in [5.74, 6) is -1.33. The summed E-state index contributed by atoms with van der Waals surface area (Å²) in [6, 6.07) is 6.34. The Labute approximate surface area is 152 Å². The maximum Gasteiger partial charge on any atom is 0.410 e. The van der Waals surface area contributed by atoms with Gasteiger partial charge < -0.3 is 18.9 Å². The standard InChI is InChI=1S/C18H23NO7/c1-23-14-8-6-5-7-11(14)13-10-19(18(22)26-4)16(17(21)25-3)12(13)9-15(20)24-2/h5-8,12-13,16H,9-10H2,1-4H3/t12-,13+,16-/m0/s1. The van der Waals surface area contributed by atoms with Gasteiger partial charge in [-0.05, 0) is 11.6 Å². The average molecular weight is 365 g/mol. The predicted octanol–water partition coefficient (Wildman–Crippen LogP) is 1.58. The third kappa shape index (κ3) is 3.74. The number of rotatable bonds is 5. The minimum atomic E-state index is -0.957. The number of hydrogen-bond donors (Lipinski definition) is 0. The van der Waals surface area contributed by atoms with Crippen molar-refractivity contribution in [1.29, 1.82) is 0 Å². The Bertz CT molecular complexity index is 675. The van der Waals surface area contributed by atoms with E-state index in [1.807, 2.05) is 18.2 Å². The molecule has 0 aromatic heterocycles. The van der Waals surface area contributed by atoms with Crippen molar-refractivity contribution in [2.24, 2.45) is 5.92 Å². The van der Waals surface area contributed by atoms with Crippen LogP contribution < -0.4 is 4.74 Å². The van der Waals surface area contributed by atoms with E-state index in [1.165, 1.54) is 26.2 Å². The zero-order valence-corrected chi connectivity index (χ0v) is 15.3. The summed E-state index contributed by atoms with van der Waals surface area (Å²) >= 11 is 0. The van der Waals surface area contributed by atoms with E-state index in [0.717, 1.165) is 5.56 Å². The summed E-state index contributed by atoms with van der Waals surface area (Å²) in [5.41, 5.74) is 0.796. The number of para-hydroxylation sites is 1. The van der Waals surface area contributed by atoms with Crippen LogP contribution in [0.4, 0.5) is 4.79 Å². The Morgan fingerprint density at radius 1 is 1.04 bits per heavy atom. The first-order chi connectivity index (χ1) is 12.5. The van der Waals surface area contributed by atoms with Gasteiger partial charge in [0.05, 0.1) is 34.9 Å². The molecule has 1 fully saturated rings. The van der Waals surface area contributed by atoms with Gasteiger partial charge >= 0.3 is 18.0 Å². The summed E-state index contributed by atoms with van der Waals surface area (Å²) in [7, 11) is 5.30. The first kappa shape index (κ1) is 19.6. The summed E-state index contributed by atoms with van der Waals surface area (Å²) in [5, 5.41) is 0. The summed E-state index contributed by atoms with van der Waals surface area (Å²) < 4.78 is 19.9. The zero-order valence-electron chi connectivity index (χ0n) is 15.3. The van der Waals surface area contributed by atoms with Crippen LogP contribution in [0.15, 0.2) is 24.3 Å². The molecule has 1 aromatic carbocycles. The molecule has 0 aliphatic carbocycles. The Morgan fingerprint density at radius 2 is 1.73 bits per heavy atom. The van der Waals surface area contributed by atoms with Gasteiger partial charge in [-0.2, -0.15) is 0 Å². The molecule has 0 unspecified atom stereocenters. The predicted molar refractivity (Wildman–Crippen MR) is 90.8 cm³/mol. The van der Waals surface area contributed by atoms with Crippen molar-refractivity contribution in [3.63, 3.8) is 0 Å². The van der Waals surface area contributed by atoms with Gasteiger partial charge in [0.15, 0.2) is 0 Å². The zero-order chi connectivity index (χ0) is 19.3. The molecule has 1 amide bonds. The number of amides is 1. The van der Waals surface area contributed by atoms with Crippen molar-refractivity contribution in [2.75, 3.05) is 35.0 Å². The molecule has 0 radical (unpaired) electrons. The van der Waals surface area contributed by atoms with E-state index in [0.29, 0.717) is 5.75 Å². The molecule has 1 aliphatic heterocycles. The molecule has 8 nitrogen and oxygen atoms in total. The maximum absolute atomic E-state index is 12.4. The van der Waals surface area contributed by atoms with E-state index in [2.05, 4.69) is 0 Å². The molecular weight excluding hydrogens is 342 g/mol. The van der Waals surface area contributed by atoms with Crippen molar-refractivity contribution in [3.8, 4) is 5.75 Å². The van der Waals surface area contributed by atoms with E-state index in [4.69, 9.17) is 18.9 Å². The van der Waals surface area contributed by atoms with Gasteiger partial charge in [0.2, 0.25) is 0 Å². The maximum atomic E-state index is 12.4. The van der Waals surface area contributed by atoms with Crippen LogP contribution in [0, 0.1) is 5.92 Å². The van der Waals surface area contributed by atoms with Crippen LogP contribution in [0.3, 0.4) is 0 Å². The van der Waals surface area contributed by atoms with Crippen molar-refractivity contribution in [3.05, 3.63) is 29.8 Å². The van der Waals surface area contributed by atoms with E-state index >= 15 is 0 Å². The lowest BCUT2D eigenvalue weighted by atomic mass is 9.82. The summed E-state index contributed by atoms with van der Waals surface area (Å²) in [6.07, 6.45) is -0.709. The van der Waals surface area contributed by atoms with Crippen LogP contribution in [0.25, 0.3) is 0 Å². The highest BCUT2D eigenvalue weighted by Crippen LogP contribution is 2.43. The fourth-order valence-corrected chi connectivity index (χ4v) is 3.47. The SMILES string of the molecule is COC(=O)C[C@H]1[C@@H](c2ccccc2OC)CN(C(=O)OC)[C@@H]1C(=O)OC. The lowest BCUT2D eigenvalue weighted by molar-refractivity contribution is -0.148. The number of nitrogens with zero attached hydrogens (tertiary/aromatic N) is 1. The largest absolute Gasteiger partial charge is 0.496 e. The monoisotopic (exact) mass is 365 g/mol. The van der Waals surface area contributed by atoms with Crippen LogP contribution in [0.1, 0.15) is 17.9 Å². The molecule has 0 saturated carbocycles. The highest BCUT2D eigenvalue weighted by Gasteiger charge is 2.50. The van der Waals surface area contributed by atoms with E-state index in [1.54, 1.807) is 13.2 Å². The van der Waals surface area contributed by atoms with Crippen LogP contribution in [0.5, 0.6) is 5.75 Å². The van der Waals surface area contributed by atoms with Gasteiger partial charge in [-0.1, -0.05) is 18.2 Å². The van der Waals surface area contributed by atoms with Gasteiger partial charge in [-0.3, -0.25) is 9.69 Å². The van der Waals surface area contributed by atoms with Gasteiger partial charge in [0.1, 0.15) is 11.8 Å². The van der Waals surface area contributed by atoms with Gasteiger partial charge in [0.25, 0.3) is 0 Å². The summed E-state index contributed by atoms with van der Waals surface area (Å²) in [6.45, 7) is 0.189. The molecule has 0 bridgehead atoms. The minimum absolute atomic E-state index is 0.0491. The number of carbonyl (C=O) groups is 3. The van der Waals surface area contributed by atoms with Gasteiger partial charge in [-0.15, -0.1) is 0 Å². The molecule has 2 rings (SSSR count). The highest BCUT2D eigenvalue weighted by atomic mass is 16.5. The first-order valence-corrected chi connectivity index (χ1v) is 8.10. The number of benzene rings is 1. The van der Waals surface area contributed by atoms with Crippen molar-refractivity contribution in [2.45, 2.75) is 18.4 Å². The van der Waals surface area contributed by atoms with Crippen LogP contribution in [-0.4, -0.2) is 64.0 Å². The van der Waals surface area contributed by atoms with Gasteiger partial charge in [-0.25, -0.2) is 9.59 Å². The summed E-state index contributed by atoms with van der Waals surface area (Å²) in [4.78, 5) is 37.9. The second-order valence-electron chi connectivity index (χ2n) is 5.88. The number of esters is 2. The Morgan fingerprint density at radius 3 is 2.31 bits per heavy atom. The Hall–Kier alpha value is -2.77. The molecule has 1 aliphatic rings. The molecule has 1 heterocycles. The molecular formula is C18H23NO7. The second kappa shape index (κ2) is 8.55.